The number of aryl methyl sites for hydroxylation is 1. The molecule has 3 heterocycles. The summed E-state index contributed by atoms with van der Waals surface area (Å²) in [5.41, 5.74) is 0.190. The summed E-state index contributed by atoms with van der Waals surface area (Å²) < 4.78 is 45.4. The Hall–Kier alpha value is -4.37. The Balaban J connectivity index is 1.86. The van der Waals surface area contributed by atoms with Gasteiger partial charge in [0.15, 0.2) is 11.5 Å². The van der Waals surface area contributed by atoms with Crippen LogP contribution in [0.1, 0.15) is 37.8 Å². The second-order valence-electron chi connectivity index (χ2n) is 12.1. The van der Waals surface area contributed by atoms with Crippen molar-refractivity contribution in [3.63, 3.8) is 0 Å². The van der Waals surface area contributed by atoms with Gasteiger partial charge < -0.3 is 19.5 Å². The van der Waals surface area contributed by atoms with Crippen molar-refractivity contribution < 1.29 is 23.2 Å². The van der Waals surface area contributed by atoms with Crippen LogP contribution in [0.25, 0.3) is 28.0 Å². The van der Waals surface area contributed by atoms with Crippen molar-refractivity contribution in [2.75, 3.05) is 37.9 Å². The molecule has 1 aliphatic rings. The van der Waals surface area contributed by atoms with Crippen LogP contribution in [-0.4, -0.2) is 69.5 Å². The topological polar surface area (TPSA) is 109 Å². The first kappa shape index (κ1) is 32.0. The summed E-state index contributed by atoms with van der Waals surface area (Å²) in [6.45, 7) is 15.4. The van der Waals surface area contributed by atoms with Crippen LogP contribution in [0.4, 0.5) is 14.6 Å². The lowest BCUT2D eigenvalue weighted by atomic mass is 9.97. The first-order chi connectivity index (χ1) is 21.1. The molecule has 5 rings (SSSR count). The Morgan fingerprint density at radius 3 is 2.44 bits per heavy atom. The molecular formula is C33H36F2N5O4P. The number of phenolic OH excluding ortho intramolecular Hbond substituents is 1. The third kappa shape index (κ3) is 5.77. The molecule has 2 aromatic carbocycles. The Bertz CT molecular complexity index is 1950. The molecule has 45 heavy (non-hydrogen) atoms. The molecule has 0 saturated carbocycles. The normalized spacial score (nSPS) is 15.6. The van der Waals surface area contributed by atoms with Crippen LogP contribution in [0.3, 0.4) is 0 Å². The minimum Gasteiger partial charge on any atom is -0.507 e. The summed E-state index contributed by atoms with van der Waals surface area (Å²) in [4.78, 5) is 38.9. The zero-order valence-electron chi connectivity index (χ0n) is 26.1. The number of carbonyl (C=O) groups is 1. The van der Waals surface area contributed by atoms with E-state index >= 15 is 8.78 Å². The lowest BCUT2D eigenvalue weighted by Gasteiger charge is -2.40. The van der Waals surface area contributed by atoms with Crippen LogP contribution >= 0.6 is 7.14 Å². The molecule has 0 unspecified atom stereocenters. The minimum atomic E-state index is -2.67. The summed E-state index contributed by atoms with van der Waals surface area (Å²) in [6.07, 6.45) is 1.24. The van der Waals surface area contributed by atoms with E-state index in [9.17, 15) is 19.3 Å². The maximum absolute atomic E-state index is 16.0. The predicted molar refractivity (Wildman–Crippen MR) is 174 cm³/mol. The van der Waals surface area contributed by atoms with Gasteiger partial charge in [0.25, 0.3) is 0 Å². The zero-order valence-corrected chi connectivity index (χ0v) is 27.0. The minimum absolute atomic E-state index is 0.00906. The molecule has 1 atom stereocenters. The van der Waals surface area contributed by atoms with Crippen molar-refractivity contribution in [2.24, 2.45) is 0 Å². The average molecular weight is 636 g/mol. The first-order valence-corrected chi connectivity index (χ1v) is 17.2. The summed E-state index contributed by atoms with van der Waals surface area (Å²) in [5.74, 6) is -2.49. The van der Waals surface area contributed by atoms with Crippen molar-refractivity contribution in [3.8, 4) is 22.7 Å². The van der Waals surface area contributed by atoms with Gasteiger partial charge in [-0.1, -0.05) is 26.5 Å². The number of carbonyl (C=O) groups excluding carboxylic acids is 1. The molecular weight excluding hydrogens is 599 g/mol. The van der Waals surface area contributed by atoms with Gasteiger partial charge in [-0.15, -0.1) is 0 Å². The van der Waals surface area contributed by atoms with Crippen molar-refractivity contribution in [2.45, 2.75) is 39.7 Å². The molecule has 0 spiro atoms. The fourth-order valence-electron chi connectivity index (χ4n) is 5.89. The fourth-order valence-corrected chi connectivity index (χ4v) is 6.85. The van der Waals surface area contributed by atoms with Gasteiger partial charge >= 0.3 is 5.69 Å². The van der Waals surface area contributed by atoms with Gasteiger partial charge in [0.1, 0.15) is 30.2 Å². The van der Waals surface area contributed by atoms with Crippen LogP contribution in [-0.2, 0) is 9.36 Å². The van der Waals surface area contributed by atoms with Crippen LogP contribution in [0.5, 0.6) is 5.75 Å². The van der Waals surface area contributed by atoms with Gasteiger partial charge in [-0.3, -0.25) is 4.79 Å². The number of piperazine rings is 1. The molecule has 1 fully saturated rings. The Morgan fingerprint density at radius 1 is 1.13 bits per heavy atom. The van der Waals surface area contributed by atoms with E-state index < -0.39 is 41.5 Å². The second-order valence-corrected chi connectivity index (χ2v) is 15.3. The van der Waals surface area contributed by atoms with E-state index in [1.165, 1.54) is 22.8 Å². The van der Waals surface area contributed by atoms with Crippen molar-refractivity contribution in [1.29, 1.82) is 0 Å². The van der Waals surface area contributed by atoms with E-state index in [1.807, 2.05) is 31.7 Å². The number of fused-ring (bicyclic) bond motifs is 1. The van der Waals surface area contributed by atoms with E-state index in [-0.39, 0.29) is 34.7 Å². The van der Waals surface area contributed by atoms with Crippen molar-refractivity contribution in [1.82, 2.24) is 19.4 Å². The maximum Gasteiger partial charge on any atom is 0.355 e. The number of hydrogen-bond acceptors (Lipinski definition) is 7. The number of benzene rings is 2. The lowest BCUT2D eigenvalue weighted by molar-refractivity contribution is -0.126. The highest BCUT2D eigenvalue weighted by atomic mass is 31.2. The molecule has 0 bridgehead atoms. The number of hydrogen-bond donors (Lipinski definition) is 1. The van der Waals surface area contributed by atoms with Crippen molar-refractivity contribution >= 4 is 35.2 Å². The summed E-state index contributed by atoms with van der Waals surface area (Å²) >= 11 is 0. The lowest BCUT2D eigenvalue weighted by Crippen LogP contribution is -2.54. The van der Waals surface area contributed by atoms with E-state index in [0.717, 1.165) is 12.1 Å². The van der Waals surface area contributed by atoms with Crippen LogP contribution < -0.4 is 15.9 Å². The highest BCUT2D eigenvalue weighted by Gasteiger charge is 2.31. The number of aromatic hydroxyl groups is 1. The summed E-state index contributed by atoms with van der Waals surface area (Å²) in [5, 5.41) is 11.4. The standard InChI is InChI=1S/C33H36F2N5O4P/c1-8-27(42)38-12-13-39(20(5)17-38)31-23-16-25(35)29(28-24(34)10-9-11-26(28)41)36-32(23)40(33(43)37-31)30-19(4)14-21(45(6,7)44)15-22(30)18(2)3/h8-11,14-16,18,20,41H,1,12-13,17H2,2-7H3/t20-/m0/s1. The monoisotopic (exact) mass is 635 g/mol. The SMILES string of the molecule is C=CC(=O)N1CCN(c2nc(=O)n(-c3c(C)cc(P(C)(C)=O)cc3C(C)C)c3nc(-c4c(O)cccc4F)c(F)cc23)[C@@H](C)C1. The fraction of sp³-hybridized carbons (Fsp3) is 0.333. The smallest absolute Gasteiger partial charge is 0.355 e. The number of nitrogens with zero attached hydrogens (tertiary/aromatic N) is 5. The molecule has 9 nitrogen and oxygen atoms in total. The van der Waals surface area contributed by atoms with Gasteiger partial charge in [-0.05, 0) is 80.6 Å². The Labute approximate surface area is 260 Å². The largest absolute Gasteiger partial charge is 0.507 e. The van der Waals surface area contributed by atoms with E-state index in [0.29, 0.717) is 41.8 Å². The van der Waals surface area contributed by atoms with Crippen molar-refractivity contribution in [3.05, 3.63) is 82.3 Å². The third-order valence-corrected chi connectivity index (χ3v) is 9.70. The Morgan fingerprint density at radius 2 is 1.84 bits per heavy atom. The number of rotatable bonds is 6. The van der Waals surface area contributed by atoms with Gasteiger partial charge in [0, 0.05) is 31.0 Å². The molecule has 1 amide bonds. The molecule has 1 saturated heterocycles. The molecule has 4 aromatic rings. The zero-order chi connectivity index (χ0) is 33.0. The highest BCUT2D eigenvalue weighted by Crippen LogP contribution is 2.40. The molecule has 1 aliphatic heterocycles. The van der Waals surface area contributed by atoms with E-state index in [4.69, 9.17) is 0 Å². The van der Waals surface area contributed by atoms with Crippen LogP contribution in [0, 0.1) is 18.6 Å². The molecule has 0 radical (unpaired) electrons. The first-order valence-electron chi connectivity index (χ1n) is 14.6. The van der Waals surface area contributed by atoms with Gasteiger partial charge in [-0.25, -0.2) is 23.1 Å². The van der Waals surface area contributed by atoms with Crippen LogP contribution in [0.2, 0.25) is 0 Å². The second kappa shape index (κ2) is 11.9. The number of phenols is 1. The Kier molecular flexibility index (Phi) is 8.44. The van der Waals surface area contributed by atoms with Crippen LogP contribution in [0.15, 0.2) is 53.8 Å². The molecule has 0 aliphatic carbocycles. The average Bonchev–Trinajstić information content (AvgIpc) is 2.96. The van der Waals surface area contributed by atoms with Gasteiger partial charge in [-0.2, -0.15) is 4.98 Å². The molecule has 1 N–H and O–H groups in total. The summed E-state index contributed by atoms with van der Waals surface area (Å²) in [6, 6.07) is 8.04. The molecule has 236 valence electrons. The number of halogens is 2. The molecule has 2 aromatic heterocycles. The predicted octanol–water partition coefficient (Wildman–Crippen LogP) is 5.33. The maximum atomic E-state index is 16.0. The highest BCUT2D eigenvalue weighted by molar-refractivity contribution is 7.70. The van der Waals surface area contributed by atoms with E-state index in [2.05, 4.69) is 16.5 Å². The van der Waals surface area contributed by atoms with Gasteiger partial charge in [0.2, 0.25) is 5.91 Å². The number of pyridine rings is 1. The molecule has 12 heteroatoms. The van der Waals surface area contributed by atoms with Gasteiger partial charge in [0.05, 0.1) is 16.6 Å². The number of aromatic nitrogens is 3. The number of anilines is 1. The third-order valence-electron chi connectivity index (χ3n) is 8.20. The number of amides is 1. The van der Waals surface area contributed by atoms with E-state index in [1.54, 1.807) is 31.2 Å². The summed E-state index contributed by atoms with van der Waals surface area (Å²) in [7, 11) is -2.67. The quantitative estimate of drug-likeness (QED) is 0.225.